The molecule has 0 aliphatic carbocycles. The Morgan fingerprint density at radius 3 is 1.59 bits per heavy atom. The molecule has 1 aromatic rings. The summed E-state index contributed by atoms with van der Waals surface area (Å²) < 4.78 is 22.8. The Bertz CT molecular complexity index is 636. The molecule has 0 saturated heterocycles. The number of anilines is 3. The Labute approximate surface area is 133 Å². The number of nitrogens with zero attached hydrogens (tertiary/aromatic N) is 3. The molecule has 0 aliphatic rings. The van der Waals surface area contributed by atoms with E-state index in [0.29, 0.717) is 5.56 Å². The third-order valence-electron chi connectivity index (χ3n) is 3.20. The van der Waals surface area contributed by atoms with Crippen LogP contribution in [0, 0.1) is 0 Å². The van der Waals surface area contributed by atoms with Crippen molar-refractivity contribution in [2.24, 2.45) is 0 Å². The molecule has 7 heteroatoms. The molecule has 0 heterocycles. The van der Waals surface area contributed by atoms with Gasteiger partial charge < -0.3 is 14.7 Å². The number of carbonyl (C=O) groups excluding carboxylic acids is 1. The maximum Gasteiger partial charge on any atom is 0.178 e. The van der Waals surface area contributed by atoms with Gasteiger partial charge in [0, 0.05) is 54.1 Å². The van der Waals surface area contributed by atoms with Crippen molar-refractivity contribution in [1.29, 1.82) is 0 Å². The predicted molar refractivity (Wildman–Crippen MR) is 93.5 cm³/mol. The number of rotatable bonds is 6. The second-order valence-electron chi connectivity index (χ2n) is 6.04. The van der Waals surface area contributed by atoms with Crippen molar-refractivity contribution in [3.8, 4) is 0 Å². The fraction of sp³-hybridized carbons (Fsp3) is 0.533. The maximum absolute atomic E-state index is 12.3. The van der Waals surface area contributed by atoms with Crippen molar-refractivity contribution < 1.29 is 13.2 Å². The van der Waals surface area contributed by atoms with E-state index >= 15 is 0 Å². The molecule has 0 unspecified atom stereocenters. The molecule has 0 aromatic heterocycles. The Kier molecular flexibility index (Phi) is 5.45. The Morgan fingerprint density at radius 1 is 0.909 bits per heavy atom. The fourth-order valence-electron chi connectivity index (χ4n) is 2.23. The molecule has 22 heavy (non-hydrogen) atoms. The summed E-state index contributed by atoms with van der Waals surface area (Å²) in [6, 6.07) is 3.49. The Hall–Kier alpha value is -1.76. The maximum atomic E-state index is 12.3. The molecule has 0 radical (unpaired) electrons. The lowest BCUT2D eigenvalue weighted by atomic mass is 10.1. The monoisotopic (exact) mass is 327 g/mol. The average molecular weight is 327 g/mol. The third-order valence-corrected chi connectivity index (χ3v) is 3.98. The molecule has 1 rings (SSSR count). The summed E-state index contributed by atoms with van der Waals surface area (Å²) in [6.07, 6.45) is 1.07. The fourth-order valence-corrected chi connectivity index (χ4v) is 2.87. The molecule has 0 N–H and O–H groups in total. The minimum atomic E-state index is -3.35. The minimum Gasteiger partial charge on any atom is -0.376 e. The summed E-state index contributed by atoms with van der Waals surface area (Å²) in [4.78, 5) is 18.1. The predicted octanol–water partition coefficient (Wildman–Crippen LogP) is 1.11. The number of hydrogen-bond donors (Lipinski definition) is 0. The molecule has 0 spiro atoms. The van der Waals surface area contributed by atoms with Crippen molar-refractivity contribution in [2.45, 2.75) is 0 Å². The number of ketones is 1. The molecule has 1 aromatic carbocycles. The van der Waals surface area contributed by atoms with E-state index in [1.54, 1.807) is 12.1 Å². The first-order valence-corrected chi connectivity index (χ1v) is 8.91. The zero-order valence-electron chi connectivity index (χ0n) is 14.3. The number of Topliss-reactive ketones (excluding diaryl/α,β-unsaturated/α-hetero) is 1. The van der Waals surface area contributed by atoms with E-state index in [2.05, 4.69) is 0 Å². The van der Waals surface area contributed by atoms with Crippen LogP contribution in [-0.4, -0.2) is 68.5 Å². The number of sulfone groups is 1. The lowest BCUT2D eigenvalue weighted by Gasteiger charge is -2.29. The van der Waals surface area contributed by atoms with Crippen molar-refractivity contribution in [2.75, 3.05) is 69.0 Å². The number of carbonyl (C=O) groups is 1. The highest BCUT2D eigenvalue weighted by Gasteiger charge is 2.20. The first-order valence-electron chi connectivity index (χ1n) is 6.85. The zero-order valence-corrected chi connectivity index (χ0v) is 15.2. The van der Waals surface area contributed by atoms with E-state index in [1.807, 2.05) is 57.0 Å². The molecule has 0 fully saturated rings. The Balaban J connectivity index is 3.54. The number of benzene rings is 1. The van der Waals surface area contributed by atoms with E-state index in [-0.39, 0.29) is 5.78 Å². The van der Waals surface area contributed by atoms with Crippen LogP contribution >= 0.6 is 0 Å². The molecule has 6 nitrogen and oxygen atoms in total. The van der Waals surface area contributed by atoms with Gasteiger partial charge in [0.15, 0.2) is 15.6 Å². The van der Waals surface area contributed by atoms with E-state index in [1.165, 1.54) is 0 Å². The van der Waals surface area contributed by atoms with Gasteiger partial charge in [0.1, 0.15) is 5.75 Å². The van der Waals surface area contributed by atoms with E-state index in [9.17, 15) is 13.2 Å². The van der Waals surface area contributed by atoms with Crippen molar-refractivity contribution in [3.05, 3.63) is 17.7 Å². The summed E-state index contributed by atoms with van der Waals surface area (Å²) in [6.45, 7) is 0. The molecule has 0 atom stereocenters. The van der Waals surface area contributed by atoms with Gasteiger partial charge in [-0.3, -0.25) is 4.79 Å². The second kappa shape index (κ2) is 6.56. The number of hydrogen-bond acceptors (Lipinski definition) is 6. The van der Waals surface area contributed by atoms with Gasteiger partial charge in [-0.2, -0.15) is 0 Å². The highest BCUT2D eigenvalue weighted by Crippen LogP contribution is 2.38. The van der Waals surface area contributed by atoms with Crippen LogP contribution in [0.15, 0.2) is 12.1 Å². The highest BCUT2D eigenvalue weighted by atomic mass is 32.2. The average Bonchev–Trinajstić information content (AvgIpc) is 2.34. The van der Waals surface area contributed by atoms with Gasteiger partial charge in [0.05, 0.1) is 17.1 Å². The van der Waals surface area contributed by atoms with Crippen LogP contribution in [0.4, 0.5) is 17.1 Å². The van der Waals surface area contributed by atoms with Gasteiger partial charge in [0.25, 0.3) is 0 Å². The molecular weight excluding hydrogens is 302 g/mol. The van der Waals surface area contributed by atoms with E-state index < -0.39 is 15.6 Å². The van der Waals surface area contributed by atoms with Crippen LogP contribution in [0.1, 0.15) is 10.4 Å². The van der Waals surface area contributed by atoms with E-state index in [0.717, 1.165) is 23.3 Å². The second-order valence-corrected chi connectivity index (χ2v) is 8.18. The van der Waals surface area contributed by atoms with Crippen molar-refractivity contribution in [3.63, 3.8) is 0 Å². The molecule has 0 saturated carbocycles. The van der Waals surface area contributed by atoms with Gasteiger partial charge in [-0.1, -0.05) is 0 Å². The van der Waals surface area contributed by atoms with Gasteiger partial charge in [-0.05, 0) is 12.1 Å². The first kappa shape index (κ1) is 18.3. The third kappa shape index (κ3) is 4.37. The highest BCUT2D eigenvalue weighted by molar-refractivity contribution is 7.91. The van der Waals surface area contributed by atoms with Gasteiger partial charge >= 0.3 is 0 Å². The lowest BCUT2D eigenvalue weighted by Crippen LogP contribution is -2.23. The van der Waals surface area contributed by atoms with Crippen LogP contribution in [-0.2, 0) is 9.84 Å². The quantitative estimate of drug-likeness (QED) is 0.730. The summed E-state index contributed by atoms with van der Waals surface area (Å²) in [5.41, 5.74) is 3.12. The Morgan fingerprint density at radius 2 is 1.32 bits per heavy atom. The largest absolute Gasteiger partial charge is 0.376 e. The summed E-state index contributed by atoms with van der Waals surface area (Å²) >= 11 is 0. The topological polar surface area (TPSA) is 60.9 Å². The lowest BCUT2D eigenvalue weighted by molar-refractivity contribution is 0.102. The van der Waals surface area contributed by atoms with Crippen LogP contribution in [0.5, 0.6) is 0 Å². The molecule has 0 bridgehead atoms. The SMILES string of the molecule is CN(C)c1cc(C(=O)CS(C)(=O)=O)cc(N(C)C)c1N(C)C. The van der Waals surface area contributed by atoms with Crippen LogP contribution < -0.4 is 14.7 Å². The summed E-state index contributed by atoms with van der Waals surface area (Å²) in [5, 5.41) is 0. The van der Waals surface area contributed by atoms with Crippen LogP contribution in [0.3, 0.4) is 0 Å². The molecule has 0 amide bonds. The van der Waals surface area contributed by atoms with Gasteiger partial charge in [-0.15, -0.1) is 0 Å². The minimum absolute atomic E-state index is 0.390. The van der Waals surface area contributed by atoms with Gasteiger partial charge in [-0.25, -0.2) is 8.42 Å². The van der Waals surface area contributed by atoms with E-state index in [4.69, 9.17) is 0 Å². The zero-order chi connectivity index (χ0) is 17.2. The first-order chi connectivity index (χ1) is 9.94. The summed E-state index contributed by atoms with van der Waals surface area (Å²) in [5.74, 6) is -0.868. The normalized spacial score (nSPS) is 11.2. The van der Waals surface area contributed by atoms with Crippen LogP contribution in [0.25, 0.3) is 0 Å². The van der Waals surface area contributed by atoms with Crippen molar-refractivity contribution in [1.82, 2.24) is 0 Å². The molecular formula is C15H25N3O3S. The standard InChI is InChI=1S/C15H25N3O3S/c1-16(2)12-8-11(14(19)10-22(7,20)21)9-13(17(3)4)15(12)18(5)6/h8-9H,10H2,1-7H3. The molecule has 0 aliphatic heterocycles. The van der Waals surface area contributed by atoms with Crippen molar-refractivity contribution >= 4 is 32.7 Å². The molecule has 124 valence electrons. The van der Waals surface area contributed by atoms with Crippen LogP contribution in [0.2, 0.25) is 0 Å². The van der Waals surface area contributed by atoms with Gasteiger partial charge in [0.2, 0.25) is 0 Å². The summed E-state index contributed by atoms with van der Waals surface area (Å²) in [7, 11) is 8.11. The smallest absolute Gasteiger partial charge is 0.178 e.